The highest BCUT2D eigenvalue weighted by Crippen LogP contribution is 2.32. The first kappa shape index (κ1) is 12.1. The zero-order valence-corrected chi connectivity index (χ0v) is 10.5. The van der Waals surface area contributed by atoms with Crippen molar-refractivity contribution < 1.29 is 4.39 Å². The smallest absolute Gasteiger partial charge is 0.172 e. The van der Waals surface area contributed by atoms with Crippen molar-refractivity contribution in [3.63, 3.8) is 0 Å². The van der Waals surface area contributed by atoms with Crippen molar-refractivity contribution in [2.45, 2.75) is 23.0 Å². The molecule has 1 heterocycles. The number of hydrogen-bond acceptors (Lipinski definition) is 3. The van der Waals surface area contributed by atoms with Crippen LogP contribution in [-0.2, 0) is 7.05 Å². The van der Waals surface area contributed by atoms with Crippen LogP contribution in [0.5, 0.6) is 0 Å². The fourth-order valence-electron chi connectivity index (χ4n) is 1.60. The molecular formula is C12H14FN3S. The zero-order valence-electron chi connectivity index (χ0n) is 9.72. The van der Waals surface area contributed by atoms with E-state index in [9.17, 15) is 4.39 Å². The lowest BCUT2D eigenvalue weighted by Gasteiger charge is -2.12. The second-order valence-electron chi connectivity index (χ2n) is 3.86. The lowest BCUT2D eigenvalue weighted by molar-refractivity contribution is 0.585. The van der Waals surface area contributed by atoms with Crippen molar-refractivity contribution in [1.82, 2.24) is 9.55 Å². The Kier molecular flexibility index (Phi) is 3.49. The normalized spacial score (nSPS) is 12.7. The Morgan fingerprint density at radius 1 is 1.47 bits per heavy atom. The van der Waals surface area contributed by atoms with Gasteiger partial charge in [0.2, 0.25) is 0 Å². The molecule has 0 aliphatic heterocycles. The van der Waals surface area contributed by atoms with Gasteiger partial charge in [0.05, 0.1) is 0 Å². The number of nitrogens with two attached hydrogens (primary N) is 1. The van der Waals surface area contributed by atoms with E-state index in [-0.39, 0.29) is 11.9 Å². The molecule has 0 saturated carbocycles. The summed E-state index contributed by atoms with van der Waals surface area (Å²) in [6.07, 6.45) is 3.57. The Labute approximate surface area is 104 Å². The first-order valence-corrected chi connectivity index (χ1v) is 6.10. The molecule has 1 aromatic carbocycles. The molecule has 0 aliphatic carbocycles. The van der Waals surface area contributed by atoms with E-state index in [1.54, 1.807) is 19.2 Å². The van der Waals surface area contributed by atoms with Crippen LogP contribution in [0.1, 0.15) is 18.5 Å². The molecule has 0 spiro atoms. The standard InChI is InChI=1S/C12H14FN3S/c1-8(14)11-9(13)4-3-5-10(11)17-12-15-6-7-16(12)2/h3-8H,14H2,1-2H3/t8-/m1/s1. The molecule has 5 heteroatoms. The molecule has 90 valence electrons. The van der Waals surface area contributed by atoms with Crippen LogP contribution >= 0.6 is 11.8 Å². The van der Waals surface area contributed by atoms with Gasteiger partial charge in [-0.05, 0) is 19.1 Å². The topological polar surface area (TPSA) is 43.8 Å². The second kappa shape index (κ2) is 4.89. The third-order valence-corrected chi connectivity index (χ3v) is 3.60. The Balaban J connectivity index is 2.39. The number of rotatable bonds is 3. The van der Waals surface area contributed by atoms with Crippen molar-refractivity contribution in [2.24, 2.45) is 12.8 Å². The van der Waals surface area contributed by atoms with Crippen molar-refractivity contribution in [3.8, 4) is 0 Å². The Hall–Kier alpha value is -1.33. The minimum Gasteiger partial charge on any atom is -0.329 e. The summed E-state index contributed by atoms with van der Waals surface area (Å²) in [5, 5.41) is 0.817. The molecule has 0 amide bonds. The lowest BCUT2D eigenvalue weighted by atomic mass is 10.1. The van der Waals surface area contributed by atoms with Gasteiger partial charge >= 0.3 is 0 Å². The molecule has 0 radical (unpaired) electrons. The monoisotopic (exact) mass is 251 g/mol. The van der Waals surface area contributed by atoms with E-state index >= 15 is 0 Å². The molecule has 0 unspecified atom stereocenters. The third kappa shape index (κ3) is 2.50. The quantitative estimate of drug-likeness (QED) is 0.912. The number of nitrogens with zero attached hydrogens (tertiary/aromatic N) is 2. The predicted octanol–water partition coefficient (Wildman–Crippen LogP) is 2.73. The van der Waals surface area contributed by atoms with E-state index in [1.807, 2.05) is 23.9 Å². The molecule has 0 bridgehead atoms. The number of aryl methyl sites for hydroxylation is 1. The molecule has 2 N–H and O–H groups in total. The highest BCUT2D eigenvalue weighted by atomic mass is 32.2. The summed E-state index contributed by atoms with van der Waals surface area (Å²) in [6, 6.07) is 4.65. The van der Waals surface area contributed by atoms with Gasteiger partial charge in [-0.2, -0.15) is 0 Å². The maximum absolute atomic E-state index is 13.7. The van der Waals surface area contributed by atoms with Gasteiger partial charge < -0.3 is 10.3 Å². The number of imidazole rings is 1. The molecule has 0 fully saturated rings. The number of aromatic nitrogens is 2. The molecule has 0 saturated heterocycles. The van der Waals surface area contributed by atoms with Gasteiger partial charge in [0.1, 0.15) is 5.82 Å². The van der Waals surface area contributed by atoms with Crippen LogP contribution in [0.15, 0.2) is 40.6 Å². The molecule has 0 aliphatic rings. The molecule has 2 aromatic rings. The van der Waals surface area contributed by atoms with Gasteiger partial charge in [0.25, 0.3) is 0 Å². The van der Waals surface area contributed by atoms with E-state index < -0.39 is 0 Å². The van der Waals surface area contributed by atoms with Crippen molar-refractivity contribution >= 4 is 11.8 Å². The highest BCUT2D eigenvalue weighted by Gasteiger charge is 2.14. The Morgan fingerprint density at radius 3 is 2.82 bits per heavy atom. The summed E-state index contributed by atoms with van der Waals surface area (Å²) in [6.45, 7) is 1.78. The molecule has 3 nitrogen and oxygen atoms in total. The van der Waals surface area contributed by atoms with Crippen LogP contribution in [0.2, 0.25) is 0 Å². The lowest BCUT2D eigenvalue weighted by Crippen LogP contribution is -2.09. The van der Waals surface area contributed by atoms with Gasteiger partial charge in [0.15, 0.2) is 5.16 Å². The third-order valence-electron chi connectivity index (χ3n) is 2.45. The Bertz CT molecular complexity index is 522. The molecular weight excluding hydrogens is 237 g/mol. The number of halogens is 1. The van der Waals surface area contributed by atoms with Crippen molar-refractivity contribution in [2.75, 3.05) is 0 Å². The molecule has 1 aromatic heterocycles. The van der Waals surface area contributed by atoms with E-state index in [1.165, 1.54) is 17.8 Å². The van der Waals surface area contributed by atoms with Crippen LogP contribution in [0, 0.1) is 5.82 Å². The minimum absolute atomic E-state index is 0.265. The maximum atomic E-state index is 13.7. The summed E-state index contributed by atoms with van der Waals surface area (Å²) >= 11 is 1.42. The minimum atomic E-state index is -0.334. The largest absolute Gasteiger partial charge is 0.329 e. The molecule has 17 heavy (non-hydrogen) atoms. The number of benzene rings is 1. The fraction of sp³-hybridized carbons (Fsp3) is 0.250. The summed E-state index contributed by atoms with van der Waals surface area (Å²) < 4.78 is 15.6. The maximum Gasteiger partial charge on any atom is 0.172 e. The van der Waals surface area contributed by atoms with E-state index in [0.29, 0.717) is 5.56 Å². The first-order valence-electron chi connectivity index (χ1n) is 5.28. The summed E-state index contributed by atoms with van der Waals surface area (Å²) in [7, 11) is 1.90. The van der Waals surface area contributed by atoms with E-state index in [0.717, 1.165) is 10.1 Å². The van der Waals surface area contributed by atoms with Crippen molar-refractivity contribution in [3.05, 3.63) is 42.0 Å². The summed E-state index contributed by atoms with van der Waals surface area (Å²) in [5.41, 5.74) is 6.34. The SMILES string of the molecule is C[C@@H](N)c1c(F)cccc1Sc1nccn1C. The van der Waals surface area contributed by atoms with Crippen LogP contribution in [0.4, 0.5) is 4.39 Å². The molecule has 1 atom stereocenters. The van der Waals surface area contributed by atoms with Crippen molar-refractivity contribution in [1.29, 1.82) is 0 Å². The van der Waals surface area contributed by atoms with Gasteiger partial charge in [-0.1, -0.05) is 17.8 Å². The van der Waals surface area contributed by atoms with E-state index in [4.69, 9.17) is 5.73 Å². The fourth-order valence-corrected chi connectivity index (χ4v) is 2.65. The average molecular weight is 251 g/mol. The van der Waals surface area contributed by atoms with E-state index in [2.05, 4.69) is 4.98 Å². The molecule has 2 rings (SSSR count). The second-order valence-corrected chi connectivity index (χ2v) is 4.87. The zero-order chi connectivity index (χ0) is 12.4. The van der Waals surface area contributed by atoms with Gasteiger partial charge in [0, 0.05) is 35.9 Å². The van der Waals surface area contributed by atoms with Crippen LogP contribution in [-0.4, -0.2) is 9.55 Å². The summed E-state index contributed by atoms with van der Waals surface area (Å²) in [4.78, 5) is 5.02. The van der Waals surface area contributed by atoms with Gasteiger partial charge in [-0.3, -0.25) is 0 Å². The predicted molar refractivity (Wildman–Crippen MR) is 66.3 cm³/mol. The van der Waals surface area contributed by atoms with Gasteiger partial charge in [-0.25, -0.2) is 9.37 Å². The van der Waals surface area contributed by atoms with Crippen LogP contribution in [0.25, 0.3) is 0 Å². The first-order chi connectivity index (χ1) is 8.09. The van der Waals surface area contributed by atoms with Gasteiger partial charge in [-0.15, -0.1) is 0 Å². The number of hydrogen-bond donors (Lipinski definition) is 1. The Morgan fingerprint density at radius 2 is 2.24 bits per heavy atom. The van der Waals surface area contributed by atoms with Crippen LogP contribution < -0.4 is 5.73 Å². The summed E-state index contributed by atoms with van der Waals surface area (Å²) in [5.74, 6) is -0.265. The average Bonchev–Trinajstić information content (AvgIpc) is 2.64. The highest BCUT2D eigenvalue weighted by molar-refractivity contribution is 7.99. The van der Waals surface area contributed by atoms with Crippen LogP contribution in [0.3, 0.4) is 0 Å².